The topological polar surface area (TPSA) is 95.0 Å². The molecule has 0 unspecified atom stereocenters. The number of aromatic hydroxyl groups is 1. The number of ketones is 1. The summed E-state index contributed by atoms with van der Waals surface area (Å²) in [5, 5.41) is 10.2. The van der Waals surface area contributed by atoms with Crippen molar-refractivity contribution < 1.29 is 28.9 Å². The van der Waals surface area contributed by atoms with Crippen LogP contribution in [0.4, 0.5) is 0 Å². The first-order valence-corrected chi connectivity index (χ1v) is 11.6. The second kappa shape index (κ2) is 11.7. The fourth-order valence-corrected chi connectivity index (χ4v) is 4.32. The molecule has 1 N–H and O–H groups in total. The van der Waals surface area contributed by atoms with Crippen molar-refractivity contribution in [1.82, 2.24) is 4.98 Å². The number of hydrogen-bond donors (Lipinski definition) is 1. The van der Waals surface area contributed by atoms with Crippen LogP contribution in [0.3, 0.4) is 0 Å². The van der Waals surface area contributed by atoms with E-state index in [1.165, 1.54) is 25.8 Å². The third kappa shape index (κ3) is 6.46. The van der Waals surface area contributed by atoms with Gasteiger partial charge in [0, 0.05) is 18.7 Å². The molecule has 0 amide bonds. The predicted octanol–water partition coefficient (Wildman–Crippen LogP) is 4.96. The maximum atomic E-state index is 12.8. The standard InChI is InChI=1S/C26H33NO6/c1-17(16-21(28)23-24(29)22(31-3)14-15-27-23)26(30)32-18(2)25(19-10-6-4-7-11-19)33-20-12-8-5-9-13-20/h5,8-9,12-15,17-19,25,29H,4,6-7,10-11,16H2,1-3H3/t17-,18+,25+/m1/s1. The highest BCUT2D eigenvalue weighted by Gasteiger charge is 2.34. The van der Waals surface area contributed by atoms with Gasteiger partial charge >= 0.3 is 5.97 Å². The van der Waals surface area contributed by atoms with Gasteiger partial charge in [0.05, 0.1) is 13.0 Å². The number of hydrogen-bond acceptors (Lipinski definition) is 7. The molecule has 1 aromatic carbocycles. The van der Waals surface area contributed by atoms with Gasteiger partial charge in [-0.3, -0.25) is 9.59 Å². The molecule has 7 nitrogen and oxygen atoms in total. The van der Waals surface area contributed by atoms with Gasteiger partial charge < -0.3 is 19.3 Å². The first-order chi connectivity index (χ1) is 15.9. The minimum atomic E-state index is -0.698. The largest absolute Gasteiger partial charge is 0.503 e. The highest BCUT2D eigenvalue weighted by Crippen LogP contribution is 2.32. The zero-order valence-electron chi connectivity index (χ0n) is 19.5. The van der Waals surface area contributed by atoms with E-state index in [4.69, 9.17) is 14.2 Å². The summed E-state index contributed by atoms with van der Waals surface area (Å²) < 4.78 is 17.1. The number of benzene rings is 1. The van der Waals surface area contributed by atoms with Gasteiger partial charge in [0.15, 0.2) is 23.0 Å². The van der Waals surface area contributed by atoms with Crippen LogP contribution in [-0.4, -0.2) is 41.2 Å². The molecule has 1 aromatic heterocycles. The average molecular weight is 456 g/mol. The Morgan fingerprint density at radius 1 is 1.09 bits per heavy atom. The third-order valence-corrected chi connectivity index (χ3v) is 6.16. The van der Waals surface area contributed by atoms with Crippen molar-refractivity contribution >= 4 is 11.8 Å². The van der Waals surface area contributed by atoms with E-state index in [2.05, 4.69) is 4.98 Å². The number of aromatic nitrogens is 1. The van der Waals surface area contributed by atoms with Crippen LogP contribution in [0.25, 0.3) is 0 Å². The summed E-state index contributed by atoms with van der Waals surface area (Å²) in [5.74, 6) is -0.742. The number of ether oxygens (including phenoxy) is 3. The van der Waals surface area contributed by atoms with Crippen LogP contribution < -0.4 is 9.47 Å². The molecule has 0 radical (unpaired) electrons. The maximum absolute atomic E-state index is 12.8. The summed E-state index contributed by atoms with van der Waals surface area (Å²) in [6.07, 6.45) is 6.09. The summed E-state index contributed by atoms with van der Waals surface area (Å²) in [5.41, 5.74) is -0.116. The quantitative estimate of drug-likeness (QED) is 0.399. The molecule has 1 heterocycles. The summed E-state index contributed by atoms with van der Waals surface area (Å²) >= 11 is 0. The van der Waals surface area contributed by atoms with Crippen LogP contribution >= 0.6 is 0 Å². The molecule has 178 valence electrons. The molecule has 1 aliphatic carbocycles. The number of pyridine rings is 1. The van der Waals surface area contributed by atoms with Crippen molar-refractivity contribution in [3.05, 3.63) is 48.3 Å². The lowest BCUT2D eigenvalue weighted by molar-refractivity contribution is -0.159. The summed E-state index contributed by atoms with van der Waals surface area (Å²) in [6, 6.07) is 11.0. The smallest absolute Gasteiger partial charge is 0.309 e. The zero-order valence-corrected chi connectivity index (χ0v) is 19.5. The average Bonchev–Trinajstić information content (AvgIpc) is 2.83. The van der Waals surface area contributed by atoms with Crippen LogP contribution in [0.15, 0.2) is 42.6 Å². The lowest BCUT2D eigenvalue weighted by Crippen LogP contribution is -2.41. The normalized spacial score (nSPS) is 16.9. The minimum absolute atomic E-state index is 0.116. The van der Waals surface area contributed by atoms with Crippen molar-refractivity contribution in [3.63, 3.8) is 0 Å². The number of carbonyl (C=O) groups is 2. The third-order valence-electron chi connectivity index (χ3n) is 6.16. The number of esters is 1. The van der Waals surface area contributed by atoms with Gasteiger partial charge in [0.2, 0.25) is 0 Å². The minimum Gasteiger partial charge on any atom is -0.503 e. The van der Waals surface area contributed by atoms with Crippen molar-refractivity contribution in [2.24, 2.45) is 11.8 Å². The van der Waals surface area contributed by atoms with Gasteiger partial charge in [-0.15, -0.1) is 0 Å². The molecule has 3 rings (SSSR count). The van der Waals surface area contributed by atoms with Gasteiger partial charge in [-0.05, 0) is 37.8 Å². The van der Waals surface area contributed by atoms with Crippen LogP contribution in [0, 0.1) is 11.8 Å². The van der Waals surface area contributed by atoms with Gasteiger partial charge in [0.1, 0.15) is 18.0 Å². The summed E-state index contributed by atoms with van der Waals surface area (Å²) in [6.45, 7) is 3.49. The number of rotatable bonds is 10. The highest BCUT2D eigenvalue weighted by molar-refractivity contribution is 5.99. The number of methoxy groups -OCH3 is 1. The Balaban J connectivity index is 1.65. The Kier molecular flexibility index (Phi) is 8.69. The Hall–Kier alpha value is -3.09. The Morgan fingerprint density at radius 3 is 2.45 bits per heavy atom. The van der Waals surface area contributed by atoms with Crippen LogP contribution in [0.5, 0.6) is 17.2 Å². The number of Topliss-reactive ketones (excluding diaryl/α,β-unsaturated/α-hetero) is 1. The van der Waals surface area contributed by atoms with E-state index in [9.17, 15) is 14.7 Å². The molecule has 1 fully saturated rings. The predicted molar refractivity (Wildman–Crippen MR) is 124 cm³/mol. The number of nitrogens with zero attached hydrogens (tertiary/aromatic N) is 1. The maximum Gasteiger partial charge on any atom is 0.309 e. The van der Waals surface area contributed by atoms with Crippen LogP contribution in [-0.2, 0) is 9.53 Å². The molecule has 1 aliphatic rings. The lowest BCUT2D eigenvalue weighted by atomic mass is 9.83. The highest BCUT2D eigenvalue weighted by atomic mass is 16.6. The number of para-hydroxylation sites is 1. The van der Waals surface area contributed by atoms with Crippen molar-refractivity contribution in [1.29, 1.82) is 0 Å². The van der Waals surface area contributed by atoms with E-state index in [0.717, 1.165) is 31.4 Å². The SMILES string of the molecule is COc1ccnc(C(=O)C[C@@H](C)C(=O)O[C@@H](C)[C@H](Oc2ccccc2)C2CCCCC2)c1O. The van der Waals surface area contributed by atoms with Gasteiger partial charge in [-0.1, -0.05) is 44.4 Å². The summed E-state index contributed by atoms with van der Waals surface area (Å²) in [7, 11) is 1.39. The Labute approximate surface area is 195 Å². The van der Waals surface area contributed by atoms with Crippen molar-refractivity contribution in [2.45, 2.75) is 64.6 Å². The van der Waals surface area contributed by atoms with Gasteiger partial charge in [0.25, 0.3) is 0 Å². The summed E-state index contributed by atoms with van der Waals surface area (Å²) in [4.78, 5) is 29.4. The van der Waals surface area contributed by atoms with Gasteiger partial charge in [-0.2, -0.15) is 0 Å². The van der Waals surface area contributed by atoms with E-state index in [-0.39, 0.29) is 29.7 Å². The van der Waals surface area contributed by atoms with E-state index in [1.807, 2.05) is 37.3 Å². The van der Waals surface area contributed by atoms with Crippen LogP contribution in [0.2, 0.25) is 0 Å². The molecule has 2 aromatic rings. The fraction of sp³-hybridized carbons (Fsp3) is 0.500. The number of carbonyl (C=O) groups excluding carboxylic acids is 2. The molecule has 0 spiro atoms. The van der Waals surface area contributed by atoms with E-state index >= 15 is 0 Å². The van der Waals surface area contributed by atoms with E-state index in [1.54, 1.807) is 6.92 Å². The molecular weight excluding hydrogens is 422 g/mol. The van der Waals surface area contributed by atoms with Crippen LogP contribution in [0.1, 0.15) is 62.9 Å². The van der Waals surface area contributed by atoms with Gasteiger partial charge in [-0.25, -0.2) is 4.98 Å². The lowest BCUT2D eigenvalue weighted by Gasteiger charge is -2.34. The molecular formula is C26H33NO6. The monoisotopic (exact) mass is 455 g/mol. The zero-order chi connectivity index (χ0) is 23.8. The molecule has 0 saturated heterocycles. The molecule has 0 bridgehead atoms. The van der Waals surface area contributed by atoms with E-state index in [0.29, 0.717) is 5.92 Å². The fourth-order valence-electron chi connectivity index (χ4n) is 4.32. The Bertz CT molecular complexity index is 926. The molecule has 33 heavy (non-hydrogen) atoms. The van der Waals surface area contributed by atoms with E-state index < -0.39 is 23.8 Å². The molecule has 3 atom stereocenters. The Morgan fingerprint density at radius 2 is 1.79 bits per heavy atom. The first kappa shape index (κ1) is 24.6. The molecule has 7 heteroatoms. The second-order valence-electron chi connectivity index (χ2n) is 8.67. The first-order valence-electron chi connectivity index (χ1n) is 11.6. The van der Waals surface area contributed by atoms with Crippen molar-refractivity contribution in [3.8, 4) is 17.2 Å². The van der Waals surface area contributed by atoms with Crippen molar-refractivity contribution in [2.75, 3.05) is 7.11 Å². The second-order valence-corrected chi connectivity index (χ2v) is 8.67. The molecule has 1 saturated carbocycles. The molecule has 0 aliphatic heterocycles.